The quantitative estimate of drug-likeness (QED) is 0.769. The number of hydrogen-bond donors (Lipinski definition) is 2. The monoisotopic (exact) mass is 224 g/mol. The summed E-state index contributed by atoms with van der Waals surface area (Å²) in [6.07, 6.45) is 5.00. The first-order valence-corrected chi connectivity index (χ1v) is 5.46. The van der Waals surface area contributed by atoms with Crippen LogP contribution < -0.4 is 5.32 Å². The summed E-state index contributed by atoms with van der Waals surface area (Å²) in [6.45, 7) is 0.496. The molecule has 16 heavy (non-hydrogen) atoms. The van der Waals surface area contributed by atoms with E-state index in [1.165, 1.54) is 0 Å². The molecule has 2 N–H and O–H groups in total. The summed E-state index contributed by atoms with van der Waals surface area (Å²) in [4.78, 5) is 11.3. The van der Waals surface area contributed by atoms with Gasteiger partial charge in [0, 0.05) is 13.6 Å². The van der Waals surface area contributed by atoms with Crippen molar-refractivity contribution in [3.05, 3.63) is 11.9 Å². The number of aryl methyl sites for hydroxylation is 1. The Morgan fingerprint density at radius 2 is 2.31 bits per heavy atom. The maximum atomic E-state index is 11.3. The van der Waals surface area contributed by atoms with Crippen LogP contribution in [-0.2, 0) is 18.4 Å². The fourth-order valence-corrected chi connectivity index (χ4v) is 2.18. The molecule has 0 radical (unpaired) electrons. The van der Waals surface area contributed by atoms with Gasteiger partial charge in [0.15, 0.2) is 0 Å². The van der Waals surface area contributed by atoms with Crippen molar-refractivity contribution < 1.29 is 9.90 Å². The molecule has 0 amide bonds. The van der Waals surface area contributed by atoms with Gasteiger partial charge in [0.1, 0.15) is 5.54 Å². The van der Waals surface area contributed by atoms with Gasteiger partial charge < -0.3 is 5.11 Å². The van der Waals surface area contributed by atoms with Crippen molar-refractivity contribution in [3.8, 4) is 0 Å². The molecule has 0 bridgehead atoms. The lowest BCUT2D eigenvalue weighted by Gasteiger charge is -2.25. The van der Waals surface area contributed by atoms with Crippen LogP contribution in [-0.4, -0.2) is 31.6 Å². The molecule has 0 spiro atoms. The summed E-state index contributed by atoms with van der Waals surface area (Å²) < 4.78 is 1.65. The van der Waals surface area contributed by atoms with E-state index in [1.807, 2.05) is 0 Å². The largest absolute Gasteiger partial charge is 0.480 e. The number of carboxylic acids is 1. The van der Waals surface area contributed by atoms with Crippen molar-refractivity contribution in [3.63, 3.8) is 0 Å². The van der Waals surface area contributed by atoms with Crippen LogP contribution in [0.3, 0.4) is 0 Å². The van der Waals surface area contributed by atoms with Gasteiger partial charge in [0.2, 0.25) is 0 Å². The van der Waals surface area contributed by atoms with Gasteiger partial charge in [0.05, 0.1) is 11.9 Å². The average molecular weight is 224 g/mol. The van der Waals surface area contributed by atoms with Crippen LogP contribution in [0.25, 0.3) is 0 Å². The second kappa shape index (κ2) is 4.21. The maximum Gasteiger partial charge on any atom is 0.323 e. The average Bonchev–Trinajstić information content (AvgIpc) is 2.84. The predicted molar refractivity (Wildman–Crippen MR) is 56.7 cm³/mol. The summed E-state index contributed by atoms with van der Waals surface area (Å²) in [5, 5.41) is 20.0. The highest BCUT2D eigenvalue weighted by Crippen LogP contribution is 2.30. The lowest BCUT2D eigenvalue weighted by atomic mass is 9.98. The van der Waals surface area contributed by atoms with E-state index in [-0.39, 0.29) is 0 Å². The van der Waals surface area contributed by atoms with Gasteiger partial charge in [-0.2, -0.15) is 0 Å². The second-order valence-electron chi connectivity index (χ2n) is 4.30. The van der Waals surface area contributed by atoms with Crippen LogP contribution in [0.1, 0.15) is 31.4 Å². The van der Waals surface area contributed by atoms with Crippen LogP contribution in [0, 0.1) is 0 Å². The molecule has 2 rings (SSSR count). The smallest absolute Gasteiger partial charge is 0.323 e. The molecule has 1 aromatic heterocycles. The molecular formula is C10H16N4O2. The van der Waals surface area contributed by atoms with Crippen molar-refractivity contribution in [1.29, 1.82) is 0 Å². The summed E-state index contributed by atoms with van der Waals surface area (Å²) in [5.74, 6) is -0.750. The Balaban J connectivity index is 2.03. The van der Waals surface area contributed by atoms with E-state index >= 15 is 0 Å². The van der Waals surface area contributed by atoms with Gasteiger partial charge in [-0.15, -0.1) is 5.10 Å². The number of rotatable bonds is 4. The molecule has 1 fully saturated rings. The zero-order valence-corrected chi connectivity index (χ0v) is 9.31. The Labute approximate surface area is 93.6 Å². The highest BCUT2D eigenvalue weighted by molar-refractivity contribution is 5.79. The zero-order valence-electron chi connectivity index (χ0n) is 9.31. The highest BCUT2D eigenvalue weighted by atomic mass is 16.4. The molecule has 0 saturated heterocycles. The van der Waals surface area contributed by atoms with Gasteiger partial charge in [-0.1, -0.05) is 18.1 Å². The van der Waals surface area contributed by atoms with Crippen molar-refractivity contribution in [2.24, 2.45) is 7.05 Å². The van der Waals surface area contributed by atoms with E-state index in [2.05, 4.69) is 15.6 Å². The fraction of sp³-hybridized carbons (Fsp3) is 0.700. The number of nitrogens with zero attached hydrogens (tertiary/aromatic N) is 3. The van der Waals surface area contributed by atoms with Gasteiger partial charge in [-0.3, -0.25) is 14.8 Å². The number of carboxylic acid groups (broad SMARTS) is 1. The summed E-state index contributed by atoms with van der Waals surface area (Å²) in [6, 6.07) is 0. The van der Waals surface area contributed by atoms with E-state index in [1.54, 1.807) is 17.9 Å². The second-order valence-corrected chi connectivity index (χ2v) is 4.30. The molecule has 0 atom stereocenters. The molecule has 0 aliphatic heterocycles. The van der Waals surface area contributed by atoms with Crippen molar-refractivity contribution in [2.75, 3.05) is 0 Å². The molecule has 0 aromatic carbocycles. The minimum absolute atomic E-state index is 0.496. The number of aliphatic carboxylic acids is 1. The molecule has 1 aliphatic carbocycles. The van der Waals surface area contributed by atoms with Crippen molar-refractivity contribution >= 4 is 5.97 Å². The lowest BCUT2D eigenvalue weighted by molar-refractivity contribution is -0.144. The molecule has 6 nitrogen and oxygen atoms in total. The van der Waals surface area contributed by atoms with Crippen LogP contribution in [0.15, 0.2) is 6.20 Å². The molecule has 1 aromatic rings. The van der Waals surface area contributed by atoms with Crippen molar-refractivity contribution in [2.45, 2.75) is 37.8 Å². The Morgan fingerprint density at radius 3 is 2.81 bits per heavy atom. The minimum Gasteiger partial charge on any atom is -0.480 e. The predicted octanol–water partition coefficient (Wildman–Crippen LogP) is 0.302. The Hall–Kier alpha value is -1.43. The van der Waals surface area contributed by atoms with E-state index in [4.69, 9.17) is 0 Å². The normalized spacial score (nSPS) is 18.8. The third-order valence-corrected chi connectivity index (χ3v) is 3.28. The first kappa shape index (κ1) is 11.1. The van der Waals surface area contributed by atoms with Crippen LogP contribution in [0.4, 0.5) is 0 Å². The fourth-order valence-electron chi connectivity index (χ4n) is 2.18. The molecule has 1 aliphatic rings. The molecule has 1 saturated carbocycles. The van der Waals surface area contributed by atoms with Gasteiger partial charge >= 0.3 is 5.97 Å². The number of carbonyl (C=O) groups is 1. The maximum absolute atomic E-state index is 11.3. The zero-order chi connectivity index (χ0) is 11.6. The molecule has 6 heteroatoms. The van der Waals surface area contributed by atoms with Crippen LogP contribution in [0.2, 0.25) is 0 Å². The third-order valence-electron chi connectivity index (χ3n) is 3.28. The minimum atomic E-state index is -0.750. The first-order valence-electron chi connectivity index (χ1n) is 5.46. The van der Waals surface area contributed by atoms with Gasteiger partial charge in [0.25, 0.3) is 0 Å². The number of hydrogen-bond acceptors (Lipinski definition) is 4. The highest BCUT2D eigenvalue weighted by Gasteiger charge is 2.40. The first-order chi connectivity index (χ1) is 7.64. The third kappa shape index (κ3) is 1.92. The standard InChI is InChI=1S/C10H16N4O2/c1-14-8(7-12-13-14)6-11-10(9(15)16)4-2-3-5-10/h7,11H,2-6H2,1H3,(H,15,16). The van der Waals surface area contributed by atoms with E-state index in [0.29, 0.717) is 19.4 Å². The Bertz CT molecular complexity index is 382. The Morgan fingerprint density at radius 1 is 1.62 bits per heavy atom. The SMILES string of the molecule is Cn1nncc1CNC1(C(=O)O)CCCC1. The number of aromatic nitrogens is 3. The van der Waals surface area contributed by atoms with E-state index < -0.39 is 11.5 Å². The van der Waals surface area contributed by atoms with Crippen LogP contribution in [0.5, 0.6) is 0 Å². The summed E-state index contributed by atoms with van der Waals surface area (Å²) in [7, 11) is 1.80. The van der Waals surface area contributed by atoms with Crippen molar-refractivity contribution in [1.82, 2.24) is 20.3 Å². The molecular weight excluding hydrogens is 208 g/mol. The lowest BCUT2D eigenvalue weighted by Crippen LogP contribution is -2.49. The topological polar surface area (TPSA) is 80.0 Å². The summed E-state index contributed by atoms with van der Waals surface area (Å²) >= 11 is 0. The molecule has 88 valence electrons. The molecule has 1 heterocycles. The van der Waals surface area contributed by atoms with Gasteiger partial charge in [-0.05, 0) is 12.8 Å². The summed E-state index contributed by atoms with van der Waals surface area (Å²) in [5.41, 5.74) is 0.150. The van der Waals surface area contributed by atoms with Crippen LogP contribution >= 0.6 is 0 Å². The van der Waals surface area contributed by atoms with Gasteiger partial charge in [-0.25, -0.2) is 0 Å². The Kier molecular flexibility index (Phi) is 2.91. The number of nitrogens with one attached hydrogen (secondary N) is 1. The molecule has 0 unspecified atom stereocenters. The van der Waals surface area contributed by atoms with E-state index in [0.717, 1.165) is 18.5 Å². The van der Waals surface area contributed by atoms with E-state index in [9.17, 15) is 9.90 Å².